The summed E-state index contributed by atoms with van der Waals surface area (Å²) in [7, 11) is 0. The van der Waals surface area contributed by atoms with Crippen LogP contribution in [0.2, 0.25) is 0 Å². The van der Waals surface area contributed by atoms with Gasteiger partial charge < -0.3 is 0 Å². The fourth-order valence-corrected chi connectivity index (χ4v) is 3.47. The third-order valence-corrected chi connectivity index (χ3v) is 4.93. The molecule has 0 amide bonds. The third-order valence-electron chi connectivity index (χ3n) is 4.93. The highest BCUT2D eigenvalue weighted by molar-refractivity contribution is 5.79. The van der Waals surface area contributed by atoms with E-state index in [1.165, 1.54) is 11.1 Å². The molecule has 0 aliphatic rings. The van der Waals surface area contributed by atoms with Crippen molar-refractivity contribution in [3.63, 3.8) is 0 Å². The summed E-state index contributed by atoms with van der Waals surface area (Å²) in [6.45, 7) is 1.37. The van der Waals surface area contributed by atoms with Crippen molar-refractivity contribution in [2.75, 3.05) is 0 Å². The van der Waals surface area contributed by atoms with Crippen LogP contribution in [0, 0.1) is 0 Å². The topological polar surface area (TPSA) is 61.4 Å². The smallest absolute Gasteiger partial charge is 0.113 e. The van der Waals surface area contributed by atoms with Gasteiger partial charge in [-0.2, -0.15) is 0 Å². The number of rotatable bonds is 6. The van der Waals surface area contributed by atoms with Crippen molar-refractivity contribution in [3.05, 3.63) is 108 Å². The van der Waals surface area contributed by atoms with Crippen LogP contribution in [0.25, 0.3) is 22.5 Å². The normalized spacial score (nSPS) is 10.9. The van der Waals surface area contributed by atoms with Gasteiger partial charge in [0.15, 0.2) is 0 Å². The first kappa shape index (κ1) is 18.0. The lowest BCUT2D eigenvalue weighted by atomic mass is 10.0. The molecule has 0 saturated heterocycles. The molecule has 5 rings (SSSR count). The van der Waals surface area contributed by atoms with E-state index >= 15 is 0 Å². The molecule has 2 heterocycles. The lowest BCUT2D eigenvalue weighted by Crippen LogP contribution is -1.99. The monoisotopic (exact) mass is 392 g/mol. The molecule has 0 fully saturated rings. The Kier molecular flexibility index (Phi) is 4.88. The van der Waals surface area contributed by atoms with Crippen molar-refractivity contribution >= 4 is 0 Å². The Morgan fingerprint density at radius 2 is 0.900 bits per heavy atom. The largest absolute Gasteiger partial charge is 0.247 e. The Bertz CT molecular complexity index is 1140. The molecule has 0 unspecified atom stereocenters. The summed E-state index contributed by atoms with van der Waals surface area (Å²) in [6.07, 6.45) is 3.94. The molecule has 0 N–H and O–H groups in total. The minimum atomic E-state index is 0.684. The van der Waals surface area contributed by atoms with Gasteiger partial charge in [-0.25, -0.2) is 9.36 Å². The molecular weight excluding hydrogens is 372 g/mol. The zero-order valence-electron chi connectivity index (χ0n) is 16.3. The lowest BCUT2D eigenvalue weighted by molar-refractivity contribution is 0.650. The molecule has 146 valence electrons. The number of nitrogens with zero attached hydrogens (tertiary/aromatic N) is 6. The minimum absolute atomic E-state index is 0.684. The number of hydrogen-bond donors (Lipinski definition) is 0. The van der Waals surface area contributed by atoms with E-state index in [9.17, 15) is 0 Å². The minimum Gasteiger partial charge on any atom is -0.247 e. The number of hydrogen-bond acceptors (Lipinski definition) is 4. The maximum atomic E-state index is 4.40. The third kappa shape index (κ3) is 3.89. The van der Waals surface area contributed by atoms with Gasteiger partial charge in [0.05, 0.1) is 25.5 Å². The SMILES string of the molecule is c1ccc(Cn2cc(-c3ccccc3-c3cn(Cc4ccccc4)nn3)nn2)cc1. The maximum absolute atomic E-state index is 4.40. The molecule has 0 aliphatic carbocycles. The summed E-state index contributed by atoms with van der Waals surface area (Å²) in [5, 5.41) is 17.4. The van der Waals surface area contributed by atoms with Crippen LogP contribution in [-0.4, -0.2) is 30.0 Å². The highest BCUT2D eigenvalue weighted by Crippen LogP contribution is 2.29. The van der Waals surface area contributed by atoms with Gasteiger partial charge in [0.25, 0.3) is 0 Å². The van der Waals surface area contributed by atoms with E-state index in [-0.39, 0.29) is 0 Å². The first-order chi connectivity index (χ1) is 14.8. The molecule has 0 spiro atoms. The van der Waals surface area contributed by atoms with Gasteiger partial charge >= 0.3 is 0 Å². The second-order valence-corrected chi connectivity index (χ2v) is 7.12. The molecule has 0 bridgehead atoms. The summed E-state index contributed by atoms with van der Waals surface area (Å²) < 4.78 is 3.71. The summed E-state index contributed by atoms with van der Waals surface area (Å²) >= 11 is 0. The van der Waals surface area contributed by atoms with Crippen LogP contribution in [0.5, 0.6) is 0 Å². The van der Waals surface area contributed by atoms with Crippen molar-refractivity contribution in [2.24, 2.45) is 0 Å². The summed E-state index contributed by atoms with van der Waals surface area (Å²) in [6, 6.07) is 28.6. The molecule has 6 nitrogen and oxygen atoms in total. The maximum Gasteiger partial charge on any atom is 0.113 e. The quantitative estimate of drug-likeness (QED) is 0.432. The fourth-order valence-electron chi connectivity index (χ4n) is 3.47. The van der Waals surface area contributed by atoms with Gasteiger partial charge in [-0.05, 0) is 11.1 Å². The molecule has 0 saturated carbocycles. The van der Waals surface area contributed by atoms with Gasteiger partial charge in [0.2, 0.25) is 0 Å². The molecule has 2 aromatic heterocycles. The molecule has 6 heteroatoms. The molecule has 3 aromatic carbocycles. The highest BCUT2D eigenvalue weighted by Gasteiger charge is 2.13. The van der Waals surface area contributed by atoms with E-state index in [0.29, 0.717) is 13.1 Å². The van der Waals surface area contributed by atoms with E-state index < -0.39 is 0 Å². The molecule has 0 atom stereocenters. The van der Waals surface area contributed by atoms with Gasteiger partial charge in [-0.15, -0.1) is 10.2 Å². The van der Waals surface area contributed by atoms with E-state index in [0.717, 1.165) is 22.5 Å². The van der Waals surface area contributed by atoms with Crippen molar-refractivity contribution < 1.29 is 0 Å². The first-order valence-corrected chi connectivity index (χ1v) is 9.83. The lowest BCUT2D eigenvalue weighted by Gasteiger charge is -2.04. The summed E-state index contributed by atoms with van der Waals surface area (Å²) in [4.78, 5) is 0. The van der Waals surface area contributed by atoms with Gasteiger partial charge in [0.1, 0.15) is 11.4 Å². The van der Waals surface area contributed by atoms with Gasteiger partial charge in [0, 0.05) is 11.1 Å². The molecule has 30 heavy (non-hydrogen) atoms. The Morgan fingerprint density at radius 1 is 0.500 bits per heavy atom. The zero-order valence-corrected chi connectivity index (χ0v) is 16.3. The Hall–Kier alpha value is -4.06. The molecule has 0 radical (unpaired) electrons. The van der Waals surface area contributed by atoms with Crippen LogP contribution in [0.1, 0.15) is 11.1 Å². The van der Waals surface area contributed by atoms with Gasteiger partial charge in [-0.3, -0.25) is 0 Å². The van der Waals surface area contributed by atoms with Crippen LogP contribution >= 0.6 is 0 Å². The van der Waals surface area contributed by atoms with Crippen LogP contribution in [0.4, 0.5) is 0 Å². The number of benzene rings is 3. The van der Waals surface area contributed by atoms with Gasteiger partial charge in [-0.1, -0.05) is 95.4 Å². The second-order valence-electron chi connectivity index (χ2n) is 7.12. The summed E-state index contributed by atoms with van der Waals surface area (Å²) in [5.74, 6) is 0. The first-order valence-electron chi connectivity index (χ1n) is 9.83. The zero-order chi connectivity index (χ0) is 20.2. The Labute approximate surface area is 174 Å². The number of aromatic nitrogens is 6. The van der Waals surface area contributed by atoms with E-state index in [2.05, 4.69) is 44.9 Å². The van der Waals surface area contributed by atoms with Crippen molar-refractivity contribution in [1.29, 1.82) is 0 Å². The van der Waals surface area contributed by atoms with Crippen molar-refractivity contribution in [1.82, 2.24) is 30.0 Å². The summed E-state index contributed by atoms with van der Waals surface area (Å²) in [5.41, 5.74) is 5.99. The second kappa shape index (κ2) is 8.13. The van der Waals surface area contributed by atoms with E-state index in [4.69, 9.17) is 0 Å². The van der Waals surface area contributed by atoms with Crippen molar-refractivity contribution in [3.8, 4) is 22.5 Å². The van der Waals surface area contributed by atoms with Crippen LogP contribution in [0.15, 0.2) is 97.3 Å². The van der Waals surface area contributed by atoms with Crippen molar-refractivity contribution in [2.45, 2.75) is 13.1 Å². The van der Waals surface area contributed by atoms with E-state index in [1.807, 2.05) is 82.4 Å². The van der Waals surface area contributed by atoms with Crippen LogP contribution in [0.3, 0.4) is 0 Å². The highest BCUT2D eigenvalue weighted by atomic mass is 15.4. The Balaban J connectivity index is 1.41. The van der Waals surface area contributed by atoms with Crippen LogP contribution in [-0.2, 0) is 13.1 Å². The predicted molar refractivity (Wildman–Crippen MR) is 116 cm³/mol. The van der Waals surface area contributed by atoms with E-state index in [1.54, 1.807) is 0 Å². The van der Waals surface area contributed by atoms with Crippen LogP contribution < -0.4 is 0 Å². The molecule has 0 aliphatic heterocycles. The Morgan fingerprint density at radius 3 is 1.33 bits per heavy atom. The predicted octanol–water partition coefficient (Wildman–Crippen LogP) is 4.30. The average Bonchev–Trinajstić information content (AvgIpc) is 3.45. The average molecular weight is 392 g/mol. The molecule has 5 aromatic rings. The standard InChI is InChI=1S/C24H20N6/c1-3-9-19(10-4-1)15-29-17-23(25-27-29)21-13-7-8-14-22(21)24-18-30(28-26-24)16-20-11-5-2-6-12-20/h1-14,17-18H,15-16H2. The molecular formula is C24H20N6. The fraction of sp³-hybridized carbons (Fsp3) is 0.0833.